The number of urea groups is 1. The molecule has 120 valence electrons. The lowest BCUT2D eigenvalue weighted by molar-refractivity contribution is 0.176. The lowest BCUT2D eigenvalue weighted by Crippen LogP contribution is -2.39. The molecule has 0 bridgehead atoms. The number of aliphatic hydroxyl groups excluding tert-OH is 1. The minimum absolute atomic E-state index is 0.124. The number of hydrogen-bond donors (Lipinski definition) is 3. The van der Waals surface area contributed by atoms with Crippen molar-refractivity contribution in [1.82, 2.24) is 10.6 Å². The van der Waals surface area contributed by atoms with E-state index in [1.807, 2.05) is 26.8 Å². The maximum absolute atomic E-state index is 11.9. The Morgan fingerprint density at radius 2 is 2.18 bits per heavy atom. The summed E-state index contributed by atoms with van der Waals surface area (Å²) in [5.41, 5.74) is 0.943. The van der Waals surface area contributed by atoms with Gasteiger partial charge in [-0.15, -0.1) is 11.3 Å². The van der Waals surface area contributed by atoms with Crippen LogP contribution in [-0.4, -0.2) is 17.7 Å². The zero-order valence-corrected chi connectivity index (χ0v) is 14.2. The van der Waals surface area contributed by atoms with Crippen LogP contribution in [0.1, 0.15) is 41.0 Å². The topological polar surface area (TPSA) is 74.5 Å². The van der Waals surface area contributed by atoms with E-state index in [-0.39, 0.29) is 18.6 Å². The summed E-state index contributed by atoms with van der Waals surface area (Å²) in [5.74, 6) is 1.60. The van der Waals surface area contributed by atoms with E-state index in [1.165, 1.54) is 11.3 Å². The highest BCUT2D eigenvalue weighted by molar-refractivity contribution is 7.16. The zero-order valence-electron chi connectivity index (χ0n) is 12.6. The van der Waals surface area contributed by atoms with Gasteiger partial charge < -0.3 is 20.2 Å². The van der Waals surface area contributed by atoms with Crippen molar-refractivity contribution in [2.45, 2.75) is 32.9 Å². The molecule has 2 aromatic heterocycles. The van der Waals surface area contributed by atoms with E-state index in [0.717, 1.165) is 22.0 Å². The van der Waals surface area contributed by atoms with Crippen LogP contribution in [0.4, 0.5) is 4.79 Å². The lowest BCUT2D eigenvalue weighted by Gasteiger charge is -2.15. The molecule has 0 saturated carbocycles. The van der Waals surface area contributed by atoms with Gasteiger partial charge in [-0.05, 0) is 39.0 Å². The standard InChI is InChI=1S/C15H19ClN2O3S/c1-8-6-11(10(3)21-8)9(2)18-15(20)17-7-12(19)13-4-5-14(16)22-13/h4-6,9,12,19H,7H2,1-3H3,(H2,17,18,20). The van der Waals surface area contributed by atoms with E-state index < -0.39 is 6.10 Å². The van der Waals surface area contributed by atoms with E-state index >= 15 is 0 Å². The number of rotatable bonds is 5. The van der Waals surface area contributed by atoms with Crippen molar-refractivity contribution in [2.75, 3.05) is 6.54 Å². The van der Waals surface area contributed by atoms with Crippen LogP contribution in [0.2, 0.25) is 4.34 Å². The van der Waals surface area contributed by atoms with Crippen LogP contribution in [0.3, 0.4) is 0 Å². The molecule has 3 N–H and O–H groups in total. The molecule has 0 aliphatic carbocycles. The number of halogens is 1. The molecule has 0 spiro atoms. The van der Waals surface area contributed by atoms with Gasteiger partial charge in [-0.1, -0.05) is 11.6 Å². The number of aryl methyl sites for hydroxylation is 2. The zero-order chi connectivity index (χ0) is 16.3. The highest BCUT2D eigenvalue weighted by Crippen LogP contribution is 2.26. The SMILES string of the molecule is Cc1cc(C(C)NC(=O)NCC(O)c2ccc(Cl)s2)c(C)o1. The average Bonchev–Trinajstić information content (AvgIpc) is 3.01. The Kier molecular flexibility index (Phi) is 5.50. The molecular weight excluding hydrogens is 324 g/mol. The summed E-state index contributed by atoms with van der Waals surface area (Å²) in [6, 6.07) is 4.86. The highest BCUT2D eigenvalue weighted by atomic mass is 35.5. The molecule has 2 atom stereocenters. The number of amides is 2. The second kappa shape index (κ2) is 7.17. The van der Waals surface area contributed by atoms with Gasteiger partial charge >= 0.3 is 6.03 Å². The van der Waals surface area contributed by atoms with Crippen LogP contribution in [0.15, 0.2) is 22.6 Å². The minimum Gasteiger partial charge on any atom is -0.466 e. The Morgan fingerprint density at radius 1 is 1.45 bits per heavy atom. The molecular formula is C15H19ClN2O3S. The highest BCUT2D eigenvalue weighted by Gasteiger charge is 2.16. The van der Waals surface area contributed by atoms with Crippen LogP contribution in [0, 0.1) is 13.8 Å². The number of nitrogens with one attached hydrogen (secondary N) is 2. The molecule has 0 aliphatic heterocycles. The van der Waals surface area contributed by atoms with Gasteiger partial charge in [0, 0.05) is 10.4 Å². The first-order valence-electron chi connectivity index (χ1n) is 6.91. The first kappa shape index (κ1) is 16.9. The van der Waals surface area contributed by atoms with Gasteiger partial charge in [0.1, 0.15) is 17.6 Å². The average molecular weight is 343 g/mol. The van der Waals surface area contributed by atoms with E-state index in [0.29, 0.717) is 4.34 Å². The van der Waals surface area contributed by atoms with E-state index in [1.54, 1.807) is 12.1 Å². The van der Waals surface area contributed by atoms with Crippen LogP contribution in [0.5, 0.6) is 0 Å². The first-order chi connectivity index (χ1) is 10.4. The number of aliphatic hydroxyl groups is 1. The Hall–Kier alpha value is -1.50. The summed E-state index contributed by atoms with van der Waals surface area (Å²) in [4.78, 5) is 12.6. The quantitative estimate of drug-likeness (QED) is 0.775. The van der Waals surface area contributed by atoms with Gasteiger partial charge in [0.05, 0.1) is 16.9 Å². The van der Waals surface area contributed by atoms with Crippen molar-refractivity contribution in [3.05, 3.63) is 44.5 Å². The van der Waals surface area contributed by atoms with Gasteiger partial charge in [-0.25, -0.2) is 4.79 Å². The van der Waals surface area contributed by atoms with Crippen molar-refractivity contribution < 1.29 is 14.3 Å². The molecule has 2 amide bonds. The van der Waals surface area contributed by atoms with Gasteiger partial charge in [0.2, 0.25) is 0 Å². The fraction of sp³-hybridized carbons (Fsp3) is 0.400. The summed E-state index contributed by atoms with van der Waals surface area (Å²) in [5, 5.41) is 15.4. The molecule has 2 aromatic rings. The number of carbonyl (C=O) groups excluding carboxylic acids is 1. The van der Waals surface area contributed by atoms with Crippen molar-refractivity contribution in [3.8, 4) is 0 Å². The third kappa shape index (κ3) is 4.25. The van der Waals surface area contributed by atoms with Gasteiger partial charge in [-0.2, -0.15) is 0 Å². The van der Waals surface area contributed by atoms with Gasteiger partial charge in [0.25, 0.3) is 0 Å². The monoisotopic (exact) mass is 342 g/mol. The molecule has 0 radical (unpaired) electrons. The van der Waals surface area contributed by atoms with Crippen LogP contribution in [0.25, 0.3) is 0 Å². The summed E-state index contributed by atoms with van der Waals surface area (Å²) in [6.07, 6.45) is -0.767. The minimum atomic E-state index is -0.767. The van der Waals surface area contributed by atoms with E-state index in [9.17, 15) is 9.90 Å². The van der Waals surface area contributed by atoms with E-state index in [4.69, 9.17) is 16.0 Å². The molecule has 0 aromatic carbocycles. The second-order valence-corrected chi connectivity index (χ2v) is 6.85. The predicted molar refractivity (Wildman–Crippen MR) is 87.4 cm³/mol. The van der Waals surface area contributed by atoms with Gasteiger partial charge in [0.15, 0.2) is 0 Å². The fourth-order valence-corrected chi connectivity index (χ4v) is 3.25. The normalized spacial score (nSPS) is 13.7. The van der Waals surface area contributed by atoms with Crippen molar-refractivity contribution in [1.29, 1.82) is 0 Å². The smallest absolute Gasteiger partial charge is 0.315 e. The van der Waals surface area contributed by atoms with Crippen LogP contribution < -0.4 is 10.6 Å². The summed E-state index contributed by atoms with van der Waals surface area (Å²) >= 11 is 7.11. The molecule has 2 unspecified atom stereocenters. The Balaban J connectivity index is 1.84. The van der Waals surface area contributed by atoms with Crippen LogP contribution >= 0.6 is 22.9 Å². The summed E-state index contributed by atoms with van der Waals surface area (Å²) in [7, 11) is 0. The number of furan rings is 1. The molecule has 0 aliphatic rings. The van der Waals surface area contributed by atoms with E-state index in [2.05, 4.69) is 10.6 Å². The lowest BCUT2D eigenvalue weighted by atomic mass is 10.1. The molecule has 5 nitrogen and oxygen atoms in total. The van der Waals surface area contributed by atoms with Gasteiger partial charge in [-0.3, -0.25) is 0 Å². The number of carbonyl (C=O) groups is 1. The third-order valence-corrected chi connectivity index (χ3v) is 4.60. The Labute approximate surface area is 138 Å². The van der Waals surface area contributed by atoms with Crippen molar-refractivity contribution >= 4 is 29.0 Å². The summed E-state index contributed by atoms with van der Waals surface area (Å²) < 4.78 is 6.06. The third-order valence-electron chi connectivity index (χ3n) is 3.27. The largest absolute Gasteiger partial charge is 0.466 e. The molecule has 0 fully saturated rings. The Bertz CT molecular complexity index is 653. The first-order valence-corrected chi connectivity index (χ1v) is 8.11. The predicted octanol–water partition coefficient (Wildman–Crippen LogP) is 3.71. The molecule has 2 heterocycles. The molecule has 7 heteroatoms. The maximum atomic E-state index is 11.9. The number of hydrogen-bond acceptors (Lipinski definition) is 4. The van der Waals surface area contributed by atoms with Crippen molar-refractivity contribution in [2.24, 2.45) is 0 Å². The Morgan fingerprint density at radius 3 is 2.73 bits per heavy atom. The van der Waals surface area contributed by atoms with Crippen molar-refractivity contribution in [3.63, 3.8) is 0 Å². The molecule has 2 rings (SSSR count). The van der Waals surface area contributed by atoms with Crippen LogP contribution in [-0.2, 0) is 0 Å². The second-order valence-electron chi connectivity index (χ2n) is 5.10. The molecule has 22 heavy (non-hydrogen) atoms. The molecule has 0 saturated heterocycles. The summed E-state index contributed by atoms with van der Waals surface area (Å²) in [6.45, 7) is 5.74. The number of thiophene rings is 1. The maximum Gasteiger partial charge on any atom is 0.315 e. The fourth-order valence-electron chi connectivity index (χ4n) is 2.20.